The van der Waals surface area contributed by atoms with Crippen LogP contribution in [-0.4, -0.2) is 23.3 Å². The first-order valence-electron chi connectivity index (χ1n) is 6.71. The van der Waals surface area contributed by atoms with Gasteiger partial charge in [0.05, 0.1) is 7.11 Å². The number of carbonyl (C=O) groups is 1. The Balaban J connectivity index is 1.81. The van der Waals surface area contributed by atoms with E-state index >= 15 is 0 Å². The number of halogens is 1. The van der Waals surface area contributed by atoms with Crippen LogP contribution in [0.3, 0.4) is 0 Å². The quantitative estimate of drug-likeness (QED) is 0.800. The average Bonchev–Trinajstić information content (AvgIpc) is 3.03. The van der Waals surface area contributed by atoms with Gasteiger partial charge < -0.3 is 10.1 Å². The van der Waals surface area contributed by atoms with E-state index in [0.29, 0.717) is 22.6 Å². The Morgan fingerprint density at radius 1 is 1.09 bits per heavy atom. The molecule has 6 nitrogen and oxygen atoms in total. The second-order valence-electron chi connectivity index (χ2n) is 4.65. The maximum Gasteiger partial charge on any atom is 0.256 e. The summed E-state index contributed by atoms with van der Waals surface area (Å²) in [6.07, 6.45) is 0. The zero-order valence-electron chi connectivity index (χ0n) is 12.1. The van der Waals surface area contributed by atoms with Crippen LogP contribution in [0.15, 0.2) is 53.2 Å². The Morgan fingerprint density at radius 3 is 2.43 bits per heavy atom. The van der Waals surface area contributed by atoms with Crippen molar-refractivity contribution in [3.63, 3.8) is 0 Å². The molecule has 0 saturated carbocycles. The minimum atomic E-state index is -0.369. The minimum absolute atomic E-state index is 0.164. The molecule has 1 amide bonds. The van der Waals surface area contributed by atoms with Crippen molar-refractivity contribution in [2.24, 2.45) is 0 Å². The number of rotatable bonds is 4. The van der Waals surface area contributed by atoms with Crippen LogP contribution in [-0.2, 0) is 0 Å². The number of carbonyl (C=O) groups excluding carboxylic acids is 1. The number of aromatic nitrogens is 2. The van der Waals surface area contributed by atoms with E-state index in [1.807, 2.05) is 0 Å². The predicted molar refractivity (Wildman–Crippen MR) is 80.6 cm³/mol. The SMILES string of the molecule is COc1ccc(C(=O)Nc2nonc2-c2ccc(F)cc2)cc1. The Kier molecular flexibility index (Phi) is 4.01. The first kappa shape index (κ1) is 14.7. The monoisotopic (exact) mass is 313 g/mol. The normalized spacial score (nSPS) is 10.3. The van der Waals surface area contributed by atoms with Crippen LogP contribution in [0.25, 0.3) is 11.3 Å². The van der Waals surface area contributed by atoms with E-state index in [2.05, 4.69) is 20.3 Å². The van der Waals surface area contributed by atoms with Crippen molar-refractivity contribution in [2.45, 2.75) is 0 Å². The summed E-state index contributed by atoms with van der Waals surface area (Å²) in [6, 6.07) is 12.2. The molecule has 0 aliphatic rings. The van der Waals surface area contributed by atoms with Gasteiger partial charge in [-0.05, 0) is 58.8 Å². The molecule has 0 saturated heterocycles. The number of nitrogens with zero attached hydrogens (tertiary/aromatic N) is 2. The lowest BCUT2D eigenvalue weighted by Gasteiger charge is -2.04. The molecule has 0 unspecified atom stereocenters. The van der Waals surface area contributed by atoms with Crippen LogP contribution in [0.1, 0.15) is 10.4 Å². The van der Waals surface area contributed by atoms with Crippen LogP contribution in [0.5, 0.6) is 5.75 Å². The van der Waals surface area contributed by atoms with Crippen molar-refractivity contribution in [2.75, 3.05) is 12.4 Å². The molecular weight excluding hydrogens is 301 g/mol. The van der Waals surface area contributed by atoms with E-state index in [1.54, 1.807) is 31.4 Å². The van der Waals surface area contributed by atoms with Crippen molar-refractivity contribution >= 4 is 11.7 Å². The second-order valence-corrected chi connectivity index (χ2v) is 4.65. The molecule has 0 aliphatic carbocycles. The Hall–Kier alpha value is -3.22. The van der Waals surface area contributed by atoms with Gasteiger partial charge in [-0.15, -0.1) is 0 Å². The molecule has 1 aromatic heterocycles. The van der Waals surface area contributed by atoms with E-state index in [0.717, 1.165) is 0 Å². The molecule has 0 radical (unpaired) electrons. The third-order valence-corrected chi connectivity index (χ3v) is 3.19. The molecule has 2 aromatic carbocycles. The average molecular weight is 313 g/mol. The van der Waals surface area contributed by atoms with Crippen LogP contribution in [0, 0.1) is 5.82 Å². The van der Waals surface area contributed by atoms with Crippen LogP contribution >= 0.6 is 0 Å². The standard InChI is InChI=1S/C16H12FN3O3/c1-22-13-8-4-11(5-9-13)16(21)18-15-14(19-23-20-15)10-2-6-12(17)7-3-10/h2-9H,1H3,(H,18,20,21). The van der Waals surface area contributed by atoms with Crippen LogP contribution < -0.4 is 10.1 Å². The molecule has 3 rings (SSSR count). The van der Waals surface area contributed by atoms with Crippen LogP contribution in [0.4, 0.5) is 10.2 Å². The van der Waals surface area contributed by atoms with Gasteiger partial charge in [-0.3, -0.25) is 4.79 Å². The van der Waals surface area contributed by atoms with E-state index in [-0.39, 0.29) is 17.5 Å². The maximum absolute atomic E-state index is 13.0. The Labute approximate surface area is 130 Å². The first-order valence-corrected chi connectivity index (χ1v) is 6.71. The van der Waals surface area contributed by atoms with Crippen molar-refractivity contribution in [1.82, 2.24) is 10.3 Å². The number of methoxy groups -OCH3 is 1. The molecule has 0 atom stereocenters. The van der Waals surface area contributed by atoms with Crippen molar-refractivity contribution < 1.29 is 18.6 Å². The van der Waals surface area contributed by atoms with Gasteiger partial charge in [-0.25, -0.2) is 9.02 Å². The largest absolute Gasteiger partial charge is 0.497 e. The second kappa shape index (κ2) is 6.27. The summed E-state index contributed by atoms with van der Waals surface area (Å²) < 4.78 is 22.7. The minimum Gasteiger partial charge on any atom is -0.497 e. The predicted octanol–water partition coefficient (Wildman–Crippen LogP) is 3.14. The van der Waals surface area contributed by atoms with E-state index in [4.69, 9.17) is 4.74 Å². The van der Waals surface area contributed by atoms with Gasteiger partial charge in [0, 0.05) is 11.1 Å². The molecule has 0 bridgehead atoms. The van der Waals surface area contributed by atoms with Crippen molar-refractivity contribution in [3.05, 3.63) is 59.9 Å². The van der Waals surface area contributed by atoms with Gasteiger partial charge in [0.15, 0.2) is 5.69 Å². The molecule has 1 heterocycles. The fraction of sp³-hybridized carbons (Fsp3) is 0.0625. The van der Waals surface area contributed by atoms with E-state index in [9.17, 15) is 9.18 Å². The van der Waals surface area contributed by atoms with E-state index < -0.39 is 0 Å². The van der Waals surface area contributed by atoms with E-state index in [1.165, 1.54) is 24.3 Å². The molecule has 1 N–H and O–H groups in total. The summed E-state index contributed by atoms with van der Waals surface area (Å²) in [5.74, 6) is 0.0785. The molecule has 23 heavy (non-hydrogen) atoms. The highest BCUT2D eigenvalue weighted by Gasteiger charge is 2.16. The lowest BCUT2D eigenvalue weighted by molar-refractivity contribution is 0.102. The van der Waals surface area contributed by atoms with Gasteiger partial charge in [0.2, 0.25) is 5.82 Å². The van der Waals surface area contributed by atoms with Gasteiger partial charge in [-0.1, -0.05) is 0 Å². The number of amides is 1. The molecule has 0 aliphatic heterocycles. The summed E-state index contributed by atoms with van der Waals surface area (Å²) in [4.78, 5) is 12.2. The topological polar surface area (TPSA) is 77.2 Å². The lowest BCUT2D eigenvalue weighted by atomic mass is 10.1. The number of ether oxygens (including phenoxy) is 1. The van der Waals surface area contributed by atoms with Gasteiger partial charge >= 0.3 is 0 Å². The maximum atomic E-state index is 13.0. The summed E-state index contributed by atoms with van der Waals surface area (Å²) in [7, 11) is 1.55. The first-order chi connectivity index (χ1) is 11.2. The molecule has 7 heteroatoms. The molecule has 0 fully saturated rings. The Morgan fingerprint density at radius 2 is 1.78 bits per heavy atom. The Bertz CT molecular complexity index is 813. The molecule has 3 aromatic rings. The highest BCUT2D eigenvalue weighted by atomic mass is 19.1. The molecular formula is C16H12FN3O3. The van der Waals surface area contributed by atoms with Crippen molar-refractivity contribution in [1.29, 1.82) is 0 Å². The highest BCUT2D eigenvalue weighted by molar-refractivity contribution is 6.05. The third-order valence-electron chi connectivity index (χ3n) is 3.19. The summed E-state index contributed by atoms with van der Waals surface area (Å²) in [5.41, 5.74) is 1.34. The third kappa shape index (κ3) is 3.18. The number of nitrogens with one attached hydrogen (secondary N) is 1. The van der Waals surface area contributed by atoms with Gasteiger partial charge in [-0.2, -0.15) is 0 Å². The summed E-state index contributed by atoms with van der Waals surface area (Å²) in [6.45, 7) is 0. The smallest absolute Gasteiger partial charge is 0.256 e. The highest BCUT2D eigenvalue weighted by Crippen LogP contribution is 2.25. The fourth-order valence-corrected chi connectivity index (χ4v) is 1.99. The molecule has 116 valence electrons. The van der Waals surface area contributed by atoms with Gasteiger partial charge in [0.1, 0.15) is 11.6 Å². The van der Waals surface area contributed by atoms with Gasteiger partial charge in [0.25, 0.3) is 5.91 Å². The zero-order valence-corrected chi connectivity index (χ0v) is 12.1. The lowest BCUT2D eigenvalue weighted by Crippen LogP contribution is -2.12. The van der Waals surface area contributed by atoms with Crippen LogP contribution in [0.2, 0.25) is 0 Å². The summed E-state index contributed by atoms with van der Waals surface area (Å²) >= 11 is 0. The fourth-order valence-electron chi connectivity index (χ4n) is 1.99. The molecule has 0 spiro atoms. The number of benzene rings is 2. The number of hydrogen-bond donors (Lipinski definition) is 1. The summed E-state index contributed by atoms with van der Waals surface area (Å²) in [5, 5.41) is 10.0. The zero-order chi connectivity index (χ0) is 16.2. The van der Waals surface area contributed by atoms with Crippen molar-refractivity contribution in [3.8, 4) is 17.0 Å². The number of anilines is 1. The number of hydrogen-bond acceptors (Lipinski definition) is 5.